The topological polar surface area (TPSA) is 31.0 Å². The van der Waals surface area contributed by atoms with Crippen LogP contribution < -0.4 is 0 Å². The van der Waals surface area contributed by atoms with Crippen LogP contribution in [0.5, 0.6) is 0 Å². The van der Waals surface area contributed by atoms with Crippen molar-refractivity contribution < 1.29 is 4.42 Å². The van der Waals surface area contributed by atoms with Gasteiger partial charge < -0.3 is 4.42 Å². The molecule has 0 saturated carbocycles. The van der Waals surface area contributed by atoms with E-state index in [0.29, 0.717) is 0 Å². The summed E-state index contributed by atoms with van der Waals surface area (Å²) in [6.07, 6.45) is 0. The van der Waals surface area contributed by atoms with Gasteiger partial charge in [0.2, 0.25) is 0 Å². The standard InChI is InChI=1S/C41H26N2O/c1-3-13-27(14-4-1)31-20-11-21-32(28-15-5-2-6-16-28)39(31)43-36-26-25-29-17-7-8-18-30(29)38(36)42-41(43)35-23-12-22-34-33-19-9-10-24-37(33)44-40(34)35/h1-26H. The molecule has 0 fully saturated rings. The SMILES string of the molecule is c1ccc(-c2cccc(-c3ccccc3)c2-n2c(-c3cccc4c3oc3ccccc34)nc3c4ccccc4ccc32)cc1. The van der Waals surface area contributed by atoms with Crippen LogP contribution in [0.15, 0.2) is 162 Å². The van der Waals surface area contributed by atoms with Crippen LogP contribution in [-0.4, -0.2) is 9.55 Å². The molecule has 3 nitrogen and oxygen atoms in total. The molecule has 7 aromatic carbocycles. The van der Waals surface area contributed by atoms with Crippen molar-refractivity contribution in [3.05, 3.63) is 158 Å². The number of aromatic nitrogens is 2. The highest BCUT2D eigenvalue weighted by atomic mass is 16.3. The zero-order valence-corrected chi connectivity index (χ0v) is 23.8. The summed E-state index contributed by atoms with van der Waals surface area (Å²) < 4.78 is 8.94. The third kappa shape index (κ3) is 3.73. The van der Waals surface area contributed by atoms with Crippen molar-refractivity contribution in [2.24, 2.45) is 0 Å². The van der Waals surface area contributed by atoms with E-state index in [2.05, 4.69) is 150 Å². The van der Waals surface area contributed by atoms with E-state index >= 15 is 0 Å². The van der Waals surface area contributed by atoms with Gasteiger partial charge in [0, 0.05) is 27.3 Å². The highest BCUT2D eigenvalue weighted by Gasteiger charge is 2.24. The number of hydrogen-bond donors (Lipinski definition) is 0. The van der Waals surface area contributed by atoms with E-state index in [-0.39, 0.29) is 0 Å². The van der Waals surface area contributed by atoms with Crippen LogP contribution in [0.25, 0.3) is 83.1 Å². The molecule has 2 heterocycles. The maximum absolute atomic E-state index is 6.59. The van der Waals surface area contributed by atoms with Crippen molar-refractivity contribution in [2.75, 3.05) is 0 Å². The number of nitrogens with zero attached hydrogens (tertiary/aromatic N) is 2. The van der Waals surface area contributed by atoms with Gasteiger partial charge in [-0.25, -0.2) is 4.98 Å². The van der Waals surface area contributed by atoms with Crippen LogP contribution in [0, 0.1) is 0 Å². The highest BCUT2D eigenvalue weighted by Crippen LogP contribution is 2.43. The highest BCUT2D eigenvalue weighted by molar-refractivity contribution is 6.11. The van der Waals surface area contributed by atoms with Crippen molar-refractivity contribution in [1.29, 1.82) is 0 Å². The molecule has 0 unspecified atom stereocenters. The average Bonchev–Trinajstić information content (AvgIpc) is 3.68. The number of fused-ring (bicyclic) bond motifs is 6. The zero-order valence-electron chi connectivity index (χ0n) is 23.8. The molecule has 0 amide bonds. The van der Waals surface area contributed by atoms with Crippen LogP contribution >= 0.6 is 0 Å². The number of rotatable bonds is 4. The summed E-state index contributed by atoms with van der Waals surface area (Å²) >= 11 is 0. The van der Waals surface area contributed by atoms with Gasteiger partial charge in [0.1, 0.15) is 17.0 Å². The van der Waals surface area contributed by atoms with Crippen LogP contribution in [0.3, 0.4) is 0 Å². The predicted octanol–water partition coefficient (Wildman–Crippen LogP) is 11.1. The molecule has 3 heteroatoms. The first-order valence-corrected chi connectivity index (χ1v) is 14.9. The molecule has 0 N–H and O–H groups in total. The van der Waals surface area contributed by atoms with Gasteiger partial charge in [-0.1, -0.05) is 140 Å². The first-order valence-electron chi connectivity index (χ1n) is 14.9. The first-order chi connectivity index (χ1) is 21.8. The quantitative estimate of drug-likeness (QED) is 0.214. The van der Waals surface area contributed by atoms with Gasteiger partial charge in [-0.05, 0) is 34.7 Å². The van der Waals surface area contributed by atoms with Gasteiger partial charge in [0.25, 0.3) is 0 Å². The number of benzene rings is 7. The molecule has 2 aromatic heterocycles. The summed E-state index contributed by atoms with van der Waals surface area (Å²) in [6, 6.07) is 55.4. The maximum atomic E-state index is 6.59. The molecular weight excluding hydrogens is 536 g/mol. The van der Waals surface area contributed by atoms with Gasteiger partial charge in [0.15, 0.2) is 0 Å². The molecule has 44 heavy (non-hydrogen) atoms. The predicted molar refractivity (Wildman–Crippen MR) is 182 cm³/mol. The van der Waals surface area contributed by atoms with Gasteiger partial charge in [-0.15, -0.1) is 0 Å². The largest absolute Gasteiger partial charge is 0.455 e. The zero-order chi connectivity index (χ0) is 29.0. The molecule has 0 aliphatic carbocycles. The molecule has 0 aliphatic heterocycles. The van der Waals surface area contributed by atoms with Crippen molar-refractivity contribution in [2.45, 2.75) is 0 Å². The minimum absolute atomic E-state index is 0.841. The molecule has 0 radical (unpaired) electrons. The van der Waals surface area contributed by atoms with Crippen molar-refractivity contribution in [3.8, 4) is 39.3 Å². The second-order valence-electron chi connectivity index (χ2n) is 11.1. The Morgan fingerprint density at radius 1 is 0.455 bits per heavy atom. The minimum atomic E-state index is 0.841. The van der Waals surface area contributed by atoms with E-state index in [1.54, 1.807) is 0 Å². The number of imidazole rings is 1. The summed E-state index contributed by atoms with van der Waals surface area (Å²) in [5.41, 5.74) is 10.3. The Morgan fingerprint density at radius 2 is 1.05 bits per heavy atom. The lowest BCUT2D eigenvalue weighted by atomic mass is 9.95. The van der Waals surface area contributed by atoms with Crippen LogP contribution in [0.4, 0.5) is 0 Å². The van der Waals surface area contributed by atoms with E-state index in [1.165, 1.54) is 0 Å². The molecular formula is C41H26N2O. The summed E-state index contributed by atoms with van der Waals surface area (Å²) in [6.45, 7) is 0. The Bertz CT molecular complexity index is 2430. The van der Waals surface area contributed by atoms with Gasteiger partial charge in [0.05, 0.1) is 22.3 Å². The average molecular weight is 563 g/mol. The van der Waals surface area contributed by atoms with E-state index in [9.17, 15) is 0 Å². The lowest BCUT2D eigenvalue weighted by Crippen LogP contribution is -2.03. The molecule has 9 rings (SSSR count). The van der Waals surface area contributed by atoms with Crippen molar-refractivity contribution in [3.63, 3.8) is 0 Å². The Hall–Kier alpha value is -5.93. The maximum Gasteiger partial charge on any atom is 0.149 e. The molecule has 9 aromatic rings. The van der Waals surface area contributed by atoms with Crippen LogP contribution in [0.1, 0.15) is 0 Å². The molecule has 0 spiro atoms. The van der Waals surface area contributed by atoms with Gasteiger partial charge >= 0.3 is 0 Å². The Kier molecular flexibility index (Phi) is 5.50. The molecule has 0 saturated heterocycles. The number of hydrogen-bond acceptors (Lipinski definition) is 2. The second kappa shape index (κ2) is 9.82. The fourth-order valence-electron chi connectivity index (χ4n) is 6.63. The van der Waals surface area contributed by atoms with Gasteiger partial charge in [-0.2, -0.15) is 0 Å². The summed E-state index contributed by atoms with van der Waals surface area (Å²) in [4.78, 5) is 5.48. The van der Waals surface area contributed by atoms with E-state index in [4.69, 9.17) is 9.40 Å². The second-order valence-corrected chi connectivity index (χ2v) is 11.1. The fourth-order valence-corrected chi connectivity index (χ4v) is 6.63. The Balaban J connectivity index is 1.47. The number of para-hydroxylation sites is 3. The molecule has 0 atom stereocenters. The van der Waals surface area contributed by atoms with Crippen molar-refractivity contribution >= 4 is 43.7 Å². The normalized spacial score (nSPS) is 11.6. The molecule has 206 valence electrons. The summed E-state index contributed by atoms with van der Waals surface area (Å²) in [7, 11) is 0. The van der Waals surface area contributed by atoms with E-state index < -0.39 is 0 Å². The lowest BCUT2D eigenvalue weighted by molar-refractivity contribution is 0.669. The molecule has 0 aliphatic rings. The smallest absolute Gasteiger partial charge is 0.149 e. The van der Waals surface area contributed by atoms with Gasteiger partial charge in [-0.3, -0.25) is 4.57 Å². The number of furan rings is 1. The van der Waals surface area contributed by atoms with E-state index in [1.807, 2.05) is 12.1 Å². The van der Waals surface area contributed by atoms with Crippen LogP contribution in [-0.2, 0) is 0 Å². The third-order valence-electron chi connectivity index (χ3n) is 8.62. The Morgan fingerprint density at radius 3 is 1.80 bits per heavy atom. The summed E-state index contributed by atoms with van der Waals surface area (Å²) in [5, 5.41) is 4.48. The lowest BCUT2D eigenvalue weighted by Gasteiger charge is -2.20. The monoisotopic (exact) mass is 562 g/mol. The van der Waals surface area contributed by atoms with E-state index in [0.717, 1.165) is 83.1 Å². The van der Waals surface area contributed by atoms with Crippen LogP contribution in [0.2, 0.25) is 0 Å². The summed E-state index contributed by atoms with van der Waals surface area (Å²) in [5.74, 6) is 0.849. The third-order valence-corrected chi connectivity index (χ3v) is 8.62. The molecule has 0 bridgehead atoms. The minimum Gasteiger partial charge on any atom is -0.455 e. The Labute approximate surface area is 254 Å². The van der Waals surface area contributed by atoms with Crippen molar-refractivity contribution in [1.82, 2.24) is 9.55 Å². The fraction of sp³-hybridized carbons (Fsp3) is 0. The first kappa shape index (κ1) is 24.6.